The molecule has 0 aromatic carbocycles. The van der Waals surface area contributed by atoms with Gasteiger partial charge in [0.25, 0.3) is 12.3 Å². The number of carbonyl (C=O) groups is 1. The molecule has 0 saturated carbocycles. The predicted octanol–water partition coefficient (Wildman–Crippen LogP) is 2.96. The molecule has 1 atom stereocenters. The van der Waals surface area contributed by atoms with Crippen LogP contribution >= 0.6 is 0 Å². The summed E-state index contributed by atoms with van der Waals surface area (Å²) in [6.45, 7) is 2.30. The molecule has 0 rings (SSSR count). The topological polar surface area (TPSA) is 29.5 Å². The minimum absolute atomic E-state index is 0.166. The van der Waals surface area contributed by atoms with Gasteiger partial charge < -0.3 is 4.90 Å². The smallest absolute Gasteiger partial charge is 0.339 e. The number of carbonyl (C=O) groups excluding carboxylic acids is 1. The highest BCUT2D eigenvalue weighted by Gasteiger charge is 2.75. The van der Waals surface area contributed by atoms with Crippen LogP contribution in [-0.4, -0.2) is 48.5 Å². The van der Waals surface area contributed by atoms with Crippen molar-refractivity contribution >= 4 is 5.91 Å². The number of alkyl halides is 8. The van der Waals surface area contributed by atoms with Gasteiger partial charge in [-0.2, -0.15) is 30.7 Å². The Morgan fingerprint density at radius 1 is 1.05 bits per heavy atom. The van der Waals surface area contributed by atoms with E-state index in [2.05, 4.69) is 4.74 Å². The van der Waals surface area contributed by atoms with Crippen LogP contribution in [0.5, 0.6) is 0 Å². The van der Waals surface area contributed by atoms with E-state index in [0.29, 0.717) is 4.90 Å². The van der Waals surface area contributed by atoms with Crippen LogP contribution in [0.25, 0.3) is 0 Å². The first-order chi connectivity index (χ1) is 8.81. The molecule has 0 heterocycles. The van der Waals surface area contributed by atoms with Crippen LogP contribution in [0, 0.1) is 0 Å². The lowest BCUT2D eigenvalue weighted by Gasteiger charge is -2.29. The number of hydrogen-bond acceptors (Lipinski definition) is 2. The third kappa shape index (κ3) is 3.70. The Labute approximate surface area is 108 Å². The van der Waals surface area contributed by atoms with Gasteiger partial charge in [-0.25, -0.2) is 4.39 Å². The molecule has 0 aromatic heterocycles. The van der Waals surface area contributed by atoms with Gasteiger partial charge in [0.1, 0.15) is 0 Å². The van der Waals surface area contributed by atoms with Crippen molar-refractivity contribution in [2.24, 2.45) is 0 Å². The Morgan fingerprint density at radius 2 is 1.45 bits per heavy atom. The number of likely N-dealkylation sites (N-methyl/N-ethyl adjacent to an activating group) is 1. The zero-order chi connectivity index (χ0) is 16.4. The van der Waals surface area contributed by atoms with Gasteiger partial charge in [-0.05, 0) is 13.8 Å². The van der Waals surface area contributed by atoms with E-state index in [9.17, 15) is 39.9 Å². The van der Waals surface area contributed by atoms with Crippen LogP contribution < -0.4 is 0 Å². The highest BCUT2D eigenvalue weighted by Crippen LogP contribution is 2.47. The summed E-state index contributed by atoms with van der Waals surface area (Å²) in [5.74, 6) is -8.40. The zero-order valence-electron chi connectivity index (χ0n) is 10.3. The van der Waals surface area contributed by atoms with Crippen LogP contribution in [0.1, 0.15) is 13.8 Å². The van der Waals surface area contributed by atoms with Gasteiger partial charge in [0.15, 0.2) is 0 Å². The van der Waals surface area contributed by atoms with Crippen molar-refractivity contribution < 1.29 is 44.7 Å². The van der Waals surface area contributed by atoms with Gasteiger partial charge in [-0.1, -0.05) is 0 Å². The Kier molecular flexibility index (Phi) is 5.76. The van der Waals surface area contributed by atoms with E-state index in [-0.39, 0.29) is 13.1 Å². The second-order valence-electron chi connectivity index (χ2n) is 3.53. The zero-order valence-corrected chi connectivity index (χ0v) is 10.3. The molecule has 0 aliphatic heterocycles. The number of halogens is 8. The number of nitrogens with zero attached hydrogens (tertiary/aromatic N) is 1. The predicted molar refractivity (Wildman–Crippen MR) is 49.9 cm³/mol. The summed E-state index contributed by atoms with van der Waals surface area (Å²) >= 11 is 0. The Morgan fingerprint density at radius 3 is 1.75 bits per heavy atom. The minimum Gasteiger partial charge on any atom is -0.339 e. The summed E-state index contributed by atoms with van der Waals surface area (Å²) in [5.41, 5.74) is 0. The van der Waals surface area contributed by atoms with Crippen LogP contribution in [0.2, 0.25) is 0 Å². The summed E-state index contributed by atoms with van der Waals surface area (Å²) in [7, 11) is 0. The fourth-order valence-electron chi connectivity index (χ4n) is 1.10. The van der Waals surface area contributed by atoms with Crippen molar-refractivity contribution in [2.75, 3.05) is 13.1 Å². The lowest BCUT2D eigenvalue weighted by atomic mass is 10.3. The molecular weight excluding hydrogens is 306 g/mol. The van der Waals surface area contributed by atoms with Gasteiger partial charge >= 0.3 is 18.2 Å². The third-order valence-electron chi connectivity index (χ3n) is 2.24. The number of amides is 1. The van der Waals surface area contributed by atoms with E-state index < -0.39 is 30.5 Å². The molecule has 0 fully saturated rings. The van der Waals surface area contributed by atoms with Crippen LogP contribution in [-0.2, 0) is 9.53 Å². The SMILES string of the molecule is CCN(CC)C(=O)C(F)OC(F)(F)C(F)(F)C(F)(F)F. The van der Waals surface area contributed by atoms with Crippen LogP contribution in [0.15, 0.2) is 0 Å². The third-order valence-corrected chi connectivity index (χ3v) is 2.24. The van der Waals surface area contributed by atoms with Crippen molar-refractivity contribution in [1.82, 2.24) is 4.90 Å². The van der Waals surface area contributed by atoms with Gasteiger partial charge in [0.05, 0.1) is 0 Å². The van der Waals surface area contributed by atoms with Gasteiger partial charge in [0, 0.05) is 13.1 Å². The van der Waals surface area contributed by atoms with Crippen molar-refractivity contribution in [2.45, 2.75) is 38.4 Å². The van der Waals surface area contributed by atoms with Gasteiger partial charge in [0.2, 0.25) is 0 Å². The lowest BCUT2D eigenvalue weighted by molar-refractivity contribution is -0.435. The number of hydrogen-bond donors (Lipinski definition) is 0. The monoisotopic (exact) mass is 317 g/mol. The standard InChI is InChI=1S/C9H11F8NO2/c1-3-18(4-2)6(19)5(10)20-9(16,17)7(11,12)8(13,14)15/h5H,3-4H2,1-2H3. The summed E-state index contributed by atoms with van der Waals surface area (Å²) in [5, 5.41) is 0. The first kappa shape index (κ1) is 18.9. The average Bonchev–Trinajstić information content (AvgIpc) is 2.28. The molecule has 3 nitrogen and oxygen atoms in total. The maximum absolute atomic E-state index is 13.0. The molecule has 1 amide bonds. The molecule has 20 heavy (non-hydrogen) atoms. The maximum atomic E-state index is 13.0. The van der Waals surface area contributed by atoms with E-state index >= 15 is 0 Å². The van der Waals surface area contributed by atoms with Crippen molar-refractivity contribution in [3.8, 4) is 0 Å². The molecule has 1 unspecified atom stereocenters. The fraction of sp³-hybridized carbons (Fsp3) is 0.889. The lowest BCUT2D eigenvalue weighted by Crippen LogP contribution is -2.55. The van der Waals surface area contributed by atoms with Gasteiger partial charge in [-0.15, -0.1) is 0 Å². The highest BCUT2D eigenvalue weighted by molar-refractivity contribution is 5.79. The Hall–Kier alpha value is -1.13. The normalized spacial score (nSPS) is 15.1. The first-order valence-electron chi connectivity index (χ1n) is 5.24. The highest BCUT2D eigenvalue weighted by atomic mass is 19.4. The largest absolute Gasteiger partial charge is 0.462 e. The Bertz CT molecular complexity index is 339. The molecule has 120 valence electrons. The molecule has 11 heteroatoms. The number of ether oxygens (including phenoxy) is 1. The second-order valence-corrected chi connectivity index (χ2v) is 3.53. The van der Waals surface area contributed by atoms with E-state index in [1.807, 2.05) is 0 Å². The second kappa shape index (κ2) is 6.10. The summed E-state index contributed by atoms with van der Waals surface area (Å²) in [6, 6.07) is 0. The van der Waals surface area contributed by atoms with Crippen molar-refractivity contribution in [3.05, 3.63) is 0 Å². The summed E-state index contributed by atoms with van der Waals surface area (Å²) in [6.07, 6.45) is -16.5. The fourth-order valence-corrected chi connectivity index (χ4v) is 1.10. The first-order valence-corrected chi connectivity index (χ1v) is 5.24. The summed E-state index contributed by atoms with van der Waals surface area (Å²) in [4.78, 5) is 11.7. The average molecular weight is 317 g/mol. The molecule has 0 aliphatic rings. The minimum atomic E-state index is -6.66. The molecule has 0 saturated heterocycles. The van der Waals surface area contributed by atoms with Gasteiger partial charge in [-0.3, -0.25) is 9.53 Å². The van der Waals surface area contributed by atoms with Crippen LogP contribution in [0.3, 0.4) is 0 Å². The van der Waals surface area contributed by atoms with E-state index in [1.165, 1.54) is 13.8 Å². The molecule has 0 radical (unpaired) electrons. The molecule has 0 aromatic rings. The Balaban J connectivity index is 5.06. The molecule has 0 spiro atoms. The maximum Gasteiger partial charge on any atom is 0.462 e. The number of rotatable bonds is 6. The quantitative estimate of drug-likeness (QED) is 0.705. The van der Waals surface area contributed by atoms with E-state index in [1.54, 1.807) is 0 Å². The van der Waals surface area contributed by atoms with E-state index in [0.717, 1.165) is 0 Å². The van der Waals surface area contributed by atoms with Crippen molar-refractivity contribution in [3.63, 3.8) is 0 Å². The molecule has 0 aliphatic carbocycles. The molecule has 0 bridgehead atoms. The van der Waals surface area contributed by atoms with Crippen LogP contribution in [0.4, 0.5) is 35.1 Å². The summed E-state index contributed by atoms with van der Waals surface area (Å²) < 4.78 is 101. The molecular formula is C9H11F8NO2. The molecule has 0 N–H and O–H groups in total. The van der Waals surface area contributed by atoms with Crippen molar-refractivity contribution in [1.29, 1.82) is 0 Å². The van der Waals surface area contributed by atoms with E-state index in [4.69, 9.17) is 0 Å².